The van der Waals surface area contributed by atoms with Crippen molar-refractivity contribution in [2.24, 2.45) is 0 Å². The van der Waals surface area contributed by atoms with Crippen LogP contribution < -0.4 is 10.00 Å². The van der Waals surface area contributed by atoms with E-state index in [0.29, 0.717) is 29.9 Å². The van der Waals surface area contributed by atoms with Crippen molar-refractivity contribution in [3.8, 4) is 0 Å². The molecule has 1 aromatic carbocycles. The number of ether oxygens (including phenoxy) is 3. The minimum Gasteiger partial charge on any atom is -0.475 e. The number of imidazole rings is 1. The van der Waals surface area contributed by atoms with Gasteiger partial charge in [-0.25, -0.2) is 19.7 Å². The second kappa shape index (κ2) is 11.7. The fourth-order valence-electron chi connectivity index (χ4n) is 5.31. The minimum absolute atomic E-state index is 0.0799. The Labute approximate surface area is 230 Å². The van der Waals surface area contributed by atoms with Gasteiger partial charge in [-0.05, 0) is 12.0 Å². The zero-order valence-corrected chi connectivity index (χ0v) is 22.2. The van der Waals surface area contributed by atoms with Gasteiger partial charge in [0.05, 0.1) is 11.4 Å². The van der Waals surface area contributed by atoms with Gasteiger partial charge in [0.1, 0.15) is 31.2 Å². The van der Waals surface area contributed by atoms with E-state index in [1.54, 1.807) is 11.0 Å². The van der Waals surface area contributed by atoms with Gasteiger partial charge in [-0.15, -0.1) is 0 Å². The van der Waals surface area contributed by atoms with Crippen LogP contribution >= 0.6 is 0 Å². The average molecular weight is 550 g/mol. The van der Waals surface area contributed by atoms with Crippen molar-refractivity contribution in [2.75, 3.05) is 11.9 Å². The van der Waals surface area contributed by atoms with Crippen LogP contribution in [-0.4, -0.2) is 72.1 Å². The summed E-state index contributed by atoms with van der Waals surface area (Å²) >= 11 is 0. The van der Waals surface area contributed by atoms with E-state index in [2.05, 4.69) is 37.5 Å². The second-order valence-electron chi connectivity index (χ2n) is 10.1. The molecule has 210 valence electrons. The monoisotopic (exact) mass is 549 g/mol. The summed E-state index contributed by atoms with van der Waals surface area (Å²) in [7, 11) is 0. The average Bonchev–Trinajstić information content (AvgIpc) is 3.74. The highest BCUT2D eigenvalue weighted by atomic mass is 16.8. The molecule has 13 heteroatoms. The maximum atomic E-state index is 11.3. The molecule has 5 atom stereocenters. The summed E-state index contributed by atoms with van der Waals surface area (Å²) in [5, 5.41) is 19.2. The minimum atomic E-state index is -1.11. The number of unbranched alkanes of at least 4 members (excludes halogenated alkanes) is 3. The number of anilines is 1. The van der Waals surface area contributed by atoms with Gasteiger partial charge in [0.2, 0.25) is 0 Å². The zero-order valence-electron chi connectivity index (χ0n) is 22.2. The molecule has 40 heavy (non-hydrogen) atoms. The van der Waals surface area contributed by atoms with Crippen LogP contribution in [0.5, 0.6) is 0 Å². The van der Waals surface area contributed by atoms with Gasteiger partial charge in [0.15, 0.2) is 35.7 Å². The van der Waals surface area contributed by atoms with Crippen LogP contribution in [0.15, 0.2) is 49.2 Å². The molecule has 6 rings (SSSR count). The number of carbonyl (C=O) groups is 1. The number of H-pyrrole nitrogens is 1. The predicted molar refractivity (Wildman–Crippen MR) is 141 cm³/mol. The van der Waals surface area contributed by atoms with Crippen LogP contribution in [-0.2, 0) is 27.2 Å². The number of nitrogens with one attached hydrogen (secondary N) is 2. The lowest BCUT2D eigenvalue weighted by atomic mass is 10.1. The number of hydrogen-bond donors (Lipinski definition) is 3. The normalized spacial score (nSPS) is 24.0. The lowest BCUT2D eigenvalue weighted by molar-refractivity contribution is -0.759. The SMILES string of the molecule is CCCCCCNc1ncnc2c1ncn2C1OC(C[n+]2cc(C(=O)O)n[nH]2)C2OC(Cc3ccccc3)OC21. The Kier molecular flexibility index (Phi) is 7.66. The molecular formula is C27H33N8O5+. The molecule has 0 saturated carbocycles. The molecule has 13 nitrogen and oxygen atoms in total. The number of hydrogen-bond acceptors (Lipinski definition) is 9. The van der Waals surface area contributed by atoms with E-state index in [1.807, 2.05) is 34.9 Å². The Morgan fingerprint density at radius 1 is 1.10 bits per heavy atom. The third-order valence-electron chi connectivity index (χ3n) is 7.28. The number of rotatable bonds is 12. The standard InChI is InChI=1S/C27H32N8O5/c1-2-3-4-8-11-28-24-21-25(30-15-29-24)35(16-31-21)26-23-22(39-20(40-23)12-17-9-6-5-7-10-17)19(38-26)14-34-13-18(27(36)37)32-33-34/h5-7,9-10,13,15-16,19-20,22-23,26H,2-4,8,11-12,14H2,1H3,(H2,28,29,30,36,37)/p+1. The van der Waals surface area contributed by atoms with Crippen molar-refractivity contribution in [1.82, 2.24) is 29.8 Å². The Bertz CT molecular complexity index is 1440. The molecule has 0 aliphatic carbocycles. The first-order chi connectivity index (χ1) is 19.6. The molecule has 2 saturated heterocycles. The zero-order chi connectivity index (χ0) is 27.5. The van der Waals surface area contributed by atoms with Crippen molar-refractivity contribution in [3.63, 3.8) is 0 Å². The molecule has 4 aromatic rings. The van der Waals surface area contributed by atoms with E-state index < -0.39 is 36.8 Å². The molecule has 2 fully saturated rings. The molecule has 0 radical (unpaired) electrons. The molecule has 5 heterocycles. The topological polar surface area (TPSA) is 153 Å². The largest absolute Gasteiger partial charge is 0.475 e. The van der Waals surface area contributed by atoms with Crippen molar-refractivity contribution < 1.29 is 28.8 Å². The van der Waals surface area contributed by atoms with Crippen LogP contribution in [0.1, 0.15) is 54.9 Å². The highest BCUT2D eigenvalue weighted by Gasteiger charge is 2.54. The van der Waals surface area contributed by atoms with Crippen LogP contribution in [0.2, 0.25) is 0 Å². The van der Waals surface area contributed by atoms with Crippen LogP contribution in [0.4, 0.5) is 5.82 Å². The summed E-state index contributed by atoms with van der Waals surface area (Å²) in [6.45, 7) is 3.30. The summed E-state index contributed by atoms with van der Waals surface area (Å²) in [5.74, 6) is -0.424. The Morgan fingerprint density at radius 3 is 2.75 bits per heavy atom. The van der Waals surface area contributed by atoms with Gasteiger partial charge >= 0.3 is 11.7 Å². The quantitative estimate of drug-likeness (QED) is 0.177. The van der Waals surface area contributed by atoms with Gasteiger partial charge in [-0.1, -0.05) is 61.7 Å². The summed E-state index contributed by atoms with van der Waals surface area (Å²) in [6, 6.07) is 10.0. The first kappa shape index (κ1) is 26.3. The number of carboxylic acid groups (broad SMARTS) is 1. The Morgan fingerprint density at radius 2 is 1.95 bits per heavy atom. The molecular weight excluding hydrogens is 516 g/mol. The smallest absolute Gasteiger partial charge is 0.387 e. The first-order valence-electron chi connectivity index (χ1n) is 13.7. The summed E-state index contributed by atoms with van der Waals surface area (Å²) in [6.07, 6.45) is 7.56. The summed E-state index contributed by atoms with van der Waals surface area (Å²) in [4.78, 5) is 24.9. The van der Waals surface area contributed by atoms with Crippen molar-refractivity contribution in [2.45, 2.75) is 76.4 Å². The molecule has 3 aromatic heterocycles. The fraction of sp³-hybridized carbons (Fsp3) is 0.481. The lowest BCUT2D eigenvalue weighted by Gasteiger charge is -2.20. The van der Waals surface area contributed by atoms with E-state index in [1.165, 1.54) is 25.4 Å². The van der Waals surface area contributed by atoms with E-state index in [4.69, 9.17) is 14.2 Å². The summed E-state index contributed by atoms with van der Waals surface area (Å²) < 4.78 is 22.8. The second-order valence-corrected chi connectivity index (χ2v) is 10.1. The van der Waals surface area contributed by atoms with Gasteiger partial charge in [-0.2, -0.15) is 4.68 Å². The predicted octanol–water partition coefficient (Wildman–Crippen LogP) is 2.48. The lowest BCUT2D eigenvalue weighted by Crippen LogP contribution is -2.45. The molecule has 0 spiro atoms. The number of benzene rings is 1. The Hall–Kier alpha value is -3.94. The van der Waals surface area contributed by atoms with Gasteiger partial charge < -0.3 is 24.6 Å². The number of aromatic carboxylic acids is 1. The van der Waals surface area contributed by atoms with E-state index in [-0.39, 0.29) is 5.69 Å². The van der Waals surface area contributed by atoms with E-state index in [0.717, 1.165) is 24.9 Å². The van der Waals surface area contributed by atoms with Crippen LogP contribution in [0.25, 0.3) is 11.2 Å². The maximum Gasteiger partial charge on any atom is 0.387 e. The number of aromatic amines is 1. The maximum absolute atomic E-state index is 11.3. The summed E-state index contributed by atoms with van der Waals surface area (Å²) in [5.41, 5.74) is 2.32. The molecule has 2 aliphatic rings. The highest BCUT2D eigenvalue weighted by Crippen LogP contribution is 2.41. The first-order valence-corrected chi connectivity index (χ1v) is 13.7. The molecule has 0 amide bonds. The van der Waals surface area contributed by atoms with Crippen LogP contribution in [0.3, 0.4) is 0 Å². The number of nitrogens with zero attached hydrogens (tertiary/aromatic N) is 6. The molecule has 2 aliphatic heterocycles. The fourth-order valence-corrected chi connectivity index (χ4v) is 5.31. The molecule has 3 N–H and O–H groups in total. The van der Waals surface area contributed by atoms with Crippen molar-refractivity contribution in [1.29, 1.82) is 0 Å². The Balaban J connectivity index is 1.24. The van der Waals surface area contributed by atoms with Crippen LogP contribution in [0, 0.1) is 0 Å². The number of carboxylic acids is 1. The third-order valence-corrected chi connectivity index (χ3v) is 7.28. The third kappa shape index (κ3) is 5.40. The molecule has 5 unspecified atom stereocenters. The van der Waals surface area contributed by atoms with E-state index in [9.17, 15) is 9.90 Å². The number of aromatic nitrogens is 7. The number of fused-ring (bicyclic) bond motifs is 2. The van der Waals surface area contributed by atoms with Gasteiger partial charge in [0.25, 0.3) is 0 Å². The van der Waals surface area contributed by atoms with Gasteiger partial charge in [0, 0.05) is 13.0 Å². The molecule has 0 bridgehead atoms. The van der Waals surface area contributed by atoms with E-state index >= 15 is 0 Å². The van der Waals surface area contributed by atoms with Gasteiger partial charge in [-0.3, -0.25) is 4.57 Å². The van der Waals surface area contributed by atoms with Crippen molar-refractivity contribution in [3.05, 3.63) is 60.4 Å². The van der Waals surface area contributed by atoms with Crippen molar-refractivity contribution >= 4 is 23.0 Å². The highest BCUT2D eigenvalue weighted by molar-refractivity contribution is 5.84.